The van der Waals surface area contributed by atoms with Gasteiger partial charge in [0.2, 0.25) is 0 Å². The van der Waals surface area contributed by atoms with Crippen LogP contribution in [-0.2, 0) is 4.84 Å². The third-order valence-electron chi connectivity index (χ3n) is 1.18. The third kappa shape index (κ3) is 2.29. The number of phenolic OH excluding ortho intramolecular Hbond substituents is 1. The largest absolute Gasteiger partial charge is 0.508 e. The minimum absolute atomic E-state index is 0.227. The molecule has 1 aromatic carbocycles. The van der Waals surface area contributed by atoms with Crippen molar-refractivity contribution in [3.63, 3.8) is 0 Å². The molecular weight excluding hydrogens is 142 g/mol. The normalized spacial score (nSPS) is 10.3. The molecule has 58 valence electrons. The summed E-state index contributed by atoms with van der Waals surface area (Å²) in [6.45, 7) is 0. The molecule has 0 bridgehead atoms. The van der Waals surface area contributed by atoms with Gasteiger partial charge in [-0.2, -0.15) is 0 Å². The average Bonchev–Trinajstić information content (AvgIpc) is 2.01. The Balaban J connectivity index is 2.79. The fraction of sp³-hybridized carbons (Fsp3) is 0.125. The Morgan fingerprint density at radius 2 is 2.36 bits per heavy atom. The van der Waals surface area contributed by atoms with Gasteiger partial charge < -0.3 is 9.94 Å². The lowest BCUT2D eigenvalue weighted by Crippen LogP contribution is -1.80. The lowest BCUT2D eigenvalue weighted by Gasteiger charge is -1.92. The molecule has 1 rings (SSSR count). The molecule has 0 heterocycles. The Morgan fingerprint density at radius 3 is 3.00 bits per heavy atom. The van der Waals surface area contributed by atoms with Gasteiger partial charge in [0.15, 0.2) is 0 Å². The van der Waals surface area contributed by atoms with E-state index < -0.39 is 0 Å². The zero-order valence-corrected chi connectivity index (χ0v) is 6.19. The number of hydrogen-bond acceptors (Lipinski definition) is 3. The molecule has 3 nitrogen and oxygen atoms in total. The molecule has 0 saturated carbocycles. The summed E-state index contributed by atoms with van der Waals surface area (Å²) in [5, 5.41) is 12.6. The molecule has 3 heteroatoms. The van der Waals surface area contributed by atoms with E-state index in [1.54, 1.807) is 18.2 Å². The van der Waals surface area contributed by atoms with Gasteiger partial charge >= 0.3 is 0 Å². The number of rotatable bonds is 2. The first-order valence-corrected chi connectivity index (χ1v) is 3.18. The summed E-state index contributed by atoms with van der Waals surface area (Å²) in [6, 6.07) is 6.77. The quantitative estimate of drug-likeness (QED) is 0.512. The molecule has 0 atom stereocenters. The van der Waals surface area contributed by atoms with Crippen LogP contribution in [-0.4, -0.2) is 18.4 Å². The van der Waals surface area contributed by atoms with Crippen molar-refractivity contribution >= 4 is 6.21 Å². The maximum atomic E-state index is 9.01. The summed E-state index contributed by atoms with van der Waals surface area (Å²) in [5.41, 5.74) is 0.812. The Morgan fingerprint density at radius 1 is 1.55 bits per heavy atom. The zero-order chi connectivity index (χ0) is 8.10. The van der Waals surface area contributed by atoms with E-state index in [9.17, 15) is 0 Å². The van der Waals surface area contributed by atoms with Gasteiger partial charge in [0.25, 0.3) is 0 Å². The van der Waals surface area contributed by atoms with E-state index in [0.717, 1.165) is 5.56 Å². The van der Waals surface area contributed by atoms with Crippen molar-refractivity contribution in [1.29, 1.82) is 0 Å². The Kier molecular flexibility index (Phi) is 2.49. The van der Waals surface area contributed by atoms with Crippen LogP contribution in [0.2, 0.25) is 0 Å². The van der Waals surface area contributed by atoms with E-state index in [4.69, 9.17) is 5.11 Å². The van der Waals surface area contributed by atoms with Crippen LogP contribution in [0.1, 0.15) is 5.56 Å². The topological polar surface area (TPSA) is 41.8 Å². The van der Waals surface area contributed by atoms with Gasteiger partial charge in [-0.25, -0.2) is 0 Å². The second-order valence-corrected chi connectivity index (χ2v) is 2.01. The summed E-state index contributed by atoms with van der Waals surface area (Å²) in [4.78, 5) is 4.47. The predicted molar refractivity (Wildman–Crippen MR) is 42.7 cm³/mol. The molecule has 0 aromatic heterocycles. The number of oxime groups is 1. The Hall–Kier alpha value is -1.51. The molecular formula is C8H9NO2. The minimum atomic E-state index is 0.227. The maximum absolute atomic E-state index is 9.01. The van der Waals surface area contributed by atoms with Gasteiger partial charge in [0.05, 0.1) is 6.21 Å². The summed E-state index contributed by atoms with van der Waals surface area (Å²) < 4.78 is 0. The average molecular weight is 151 g/mol. The second-order valence-electron chi connectivity index (χ2n) is 2.01. The van der Waals surface area contributed by atoms with Crippen LogP contribution in [0.3, 0.4) is 0 Å². The zero-order valence-electron chi connectivity index (χ0n) is 6.19. The number of hydrogen-bond donors (Lipinski definition) is 1. The highest BCUT2D eigenvalue weighted by Crippen LogP contribution is 2.08. The Labute approximate surface area is 64.9 Å². The van der Waals surface area contributed by atoms with Crippen LogP contribution in [0, 0.1) is 0 Å². The maximum Gasteiger partial charge on any atom is 0.116 e. The monoisotopic (exact) mass is 151 g/mol. The third-order valence-corrected chi connectivity index (χ3v) is 1.18. The van der Waals surface area contributed by atoms with Crippen molar-refractivity contribution < 1.29 is 9.94 Å². The van der Waals surface area contributed by atoms with E-state index in [1.807, 2.05) is 6.07 Å². The van der Waals surface area contributed by atoms with Crippen molar-refractivity contribution in [1.82, 2.24) is 0 Å². The summed E-state index contributed by atoms with van der Waals surface area (Å²) >= 11 is 0. The molecule has 0 radical (unpaired) electrons. The van der Waals surface area contributed by atoms with Crippen LogP contribution in [0.4, 0.5) is 0 Å². The smallest absolute Gasteiger partial charge is 0.116 e. The number of nitrogens with zero attached hydrogens (tertiary/aromatic N) is 1. The molecule has 0 aliphatic carbocycles. The van der Waals surface area contributed by atoms with Gasteiger partial charge in [-0.1, -0.05) is 17.3 Å². The van der Waals surface area contributed by atoms with Gasteiger partial charge in [0, 0.05) is 0 Å². The van der Waals surface area contributed by atoms with Gasteiger partial charge in [-0.05, 0) is 17.7 Å². The first-order chi connectivity index (χ1) is 5.33. The molecule has 0 aliphatic heterocycles. The van der Waals surface area contributed by atoms with Crippen LogP contribution < -0.4 is 0 Å². The van der Waals surface area contributed by atoms with Crippen LogP contribution in [0.25, 0.3) is 0 Å². The standard InChI is InChI=1S/C8H9NO2/c1-11-9-6-7-3-2-4-8(10)5-7/h2-6,10H,1H3. The SMILES string of the molecule is CON=Cc1cccc(O)c1. The Bertz CT molecular complexity index is 258. The van der Waals surface area contributed by atoms with Gasteiger partial charge in [-0.3, -0.25) is 0 Å². The van der Waals surface area contributed by atoms with Crippen molar-refractivity contribution in [3.05, 3.63) is 29.8 Å². The van der Waals surface area contributed by atoms with Crippen LogP contribution in [0.15, 0.2) is 29.4 Å². The number of aromatic hydroxyl groups is 1. The highest BCUT2D eigenvalue weighted by Gasteiger charge is 1.88. The van der Waals surface area contributed by atoms with Gasteiger partial charge in [-0.15, -0.1) is 0 Å². The van der Waals surface area contributed by atoms with Crippen molar-refractivity contribution in [2.75, 3.05) is 7.11 Å². The molecule has 0 amide bonds. The lowest BCUT2D eigenvalue weighted by molar-refractivity contribution is 0.215. The number of phenols is 1. The molecule has 0 spiro atoms. The fourth-order valence-corrected chi connectivity index (χ4v) is 0.719. The summed E-state index contributed by atoms with van der Waals surface area (Å²) in [5.74, 6) is 0.227. The minimum Gasteiger partial charge on any atom is -0.508 e. The first kappa shape index (κ1) is 7.60. The van der Waals surface area contributed by atoms with E-state index in [2.05, 4.69) is 9.99 Å². The lowest BCUT2D eigenvalue weighted by atomic mass is 10.2. The highest BCUT2D eigenvalue weighted by molar-refractivity contribution is 5.79. The van der Waals surface area contributed by atoms with E-state index in [1.165, 1.54) is 13.3 Å². The molecule has 11 heavy (non-hydrogen) atoms. The van der Waals surface area contributed by atoms with E-state index in [0.29, 0.717) is 0 Å². The van der Waals surface area contributed by atoms with E-state index >= 15 is 0 Å². The second kappa shape index (κ2) is 3.61. The van der Waals surface area contributed by atoms with E-state index in [-0.39, 0.29) is 5.75 Å². The summed E-state index contributed by atoms with van der Waals surface area (Å²) in [6.07, 6.45) is 1.53. The van der Waals surface area contributed by atoms with Crippen LogP contribution in [0.5, 0.6) is 5.75 Å². The van der Waals surface area contributed by atoms with Crippen molar-refractivity contribution in [3.8, 4) is 5.75 Å². The molecule has 0 unspecified atom stereocenters. The summed E-state index contributed by atoms with van der Waals surface area (Å²) in [7, 11) is 1.47. The predicted octanol–water partition coefficient (Wildman–Crippen LogP) is 1.37. The molecule has 1 aromatic rings. The first-order valence-electron chi connectivity index (χ1n) is 3.18. The number of benzene rings is 1. The molecule has 0 fully saturated rings. The van der Waals surface area contributed by atoms with Gasteiger partial charge in [0.1, 0.15) is 12.9 Å². The van der Waals surface area contributed by atoms with Crippen LogP contribution >= 0.6 is 0 Å². The molecule has 1 N–H and O–H groups in total. The molecule has 0 saturated heterocycles. The molecule has 0 aliphatic rings. The van der Waals surface area contributed by atoms with Crippen molar-refractivity contribution in [2.45, 2.75) is 0 Å². The fourth-order valence-electron chi connectivity index (χ4n) is 0.719. The van der Waals surface area contributed by atoms with Crippen molar-refractivity contribution in [2.24, 2.45) is 5.16 Å². The highest BCUT2D eigenvalue weighted by atomic mass is 16.6.